The van der Waals surface area contributed by atoms with Gasteiger partial charge in [-0.2, -0.15) is 4.31 Å². The molecular weight excluding hydrogens is 350 g/mol. The van der Waals surface area contributed by atoms with Crippen molar-refractivity contribution in [3.05, 3.63) is 16.6 Å². The molecule has 0 saturated carbocycles. The summed E-state index contributed by atoms with van der Waals surface area (Å²) in [6, 6.07) is 0. The summed E-state index contributed by atoms with van der Waals surface area (Å²) in [7, 11) is -3.15. The second-order valence-electron chi connectivity index (χ2n) is 6.40. The van der Waals surface area contributed by atoms with Crippen LogP contribution in [-0.2, 0) is 14.8 Å². The van der Waals surface area contributed by atoms with Gasteiger partial charge in [0.05, 0.1) is 16.9 Å². The molecule has 1 N–H and O–H groups in total. The first kappa shape index (κ1) is 17.8. The number of hydrogen-bond acceptors (Lipinski definition) is 6. The summed E-state index contributed by atoms with van der Waals surface area (Å²) in [5.74, 6) is 0.309. The van der Waals surface area contributed by atoms with Crippen molar-refractivity contribution >= 4 is 27.3 Å². The average molecular weight is 374 g/mol. The van der Waals surface area contributed by atoms with Crippen LogP contribution in [0.15, 0.2) is 10.9 Å². The second-order valence-corrected chi connectivity index (χ2v) is 9.21. The summed E-state index contributed by atoms with van der Waals surface area (Å²) in [6.45, 7) is 3.97. The van der Waals surface area contributed by atoms with Crippen LogP contribution in [0.1, 0.15) is 36.7 Å². The molecule has 0 aromatic carbocycles. The number of carbonyl (C=O) groups is 1. The van der Waals surface area contributed by atoms with Crippen LogP contribution in [0.4, 0.5) is 0 Å². The van der Waals surface area contributed by atoms with Crippen LogP contribution < -0.4 is 5.32 Å². The van der Waals surface area contributed by atoms with Gasteiger partial charge in [0, 0.05) is 31.6 Å². The highest BCUT2D eigenvalue weighted by molar-refractivity contribution is 7.89. The molecule has 1 aromatic rings. The van der Waals surface area contributed by atoms with E-state index in [1.807, 2.05) is 6.92 Å². The second kappa shape index (κ2) is 7.07. The highest BCUT2D eigenvalue weighted by Gasteiger charge is 2.55. The fraction of sp³-hybridized carbons (Fsp3) is 0.733. The van der Waals surface area contributed by atoms with Gasteiger partial charge in [-0.25, -0.2) is 13.4 Å². The predicted molar refractivity (Wildman–Crippen MR) is 91.5 cm³/mol. The van der Waals surface area contributed by atoms with E-state index >= 15 is 0 Å². The number of nitrogens with one attached hydrogen (secondary N) is 1. The van der Waals surface area contributed by atoms with Crippen LogP contribution in [0, 0.1) is 5.92 Å². The van der Waals surface area contributed by atoms with Gasteiger partial charge in [-0.15, -0.1) is 11.3 Å². The molecule has 0 aliphatic carbocycles. The summed E-state index contributed by atoms with van der Waals surface area (Å²) in [5, 5.41) is 4.60. The van der Waals surface area contributed by atoms with Crippen molar-refractivity contribution in [1.82, 2.24) is 14.6 Å². The van der Waals surface area contributed by atoms with Gasteiger partial charge < -0.3 is 10.1 Å². The molecule has 0 bridgehead atoms. The van der Waals surface area contributed by atoms with E-state index in [4.69, 9.17) is 4.74 Å². The summed E-state index contributed by atoms with van der Waals surface area (Å²) in [4.78, 5) is 15.9. The van der Waals surface area contributed by atoms with Crippen LogP contribution in [0.25, 0.3) is 0 Å². The lowest BCUT2D eigenvalue weighted by atomic mass is 9.80. The first-order chi connectivity index (χ1) is 11.5. The Morgan fingerprint density at radius 1 is 1.54 bits per heavy atom. The summed E-state index contributed by atoms with van der Waals surface area (Å²) >= 11 is 1.39. The minimum Gasteiger partial charge on any atom is -0.372 e. The van der Waals surface area contributed by atoms with Gasteiger partial charge in [-0.05, 0) is 25.2 Å². The number of ether oxygens (including phenoxy) is 1. The van der Waals surface area contributed by atoms with Gasteiger partial charge in [-0.1, -0.05) is 6.92 Å². The molecule has 0 radical (unpaired) electrons. The van der Waals surface area contributed by atoms with Crippen LogP contribution >= 0.6 is 11.3 Å². The van der Waals surface area contributed by atoms with Gasteiger partial charge in [0.2, 0.25) is 10.0 Å². The minimum absolute atomic E-state index is 0.162. The Bertz CT molecular complexity index is 669. The number of thiazole rings is 1. The fourth-order valence-electron chi connectivity index (χ4n) is 3.45. The van der Waals surface area contributed by atoms with Crippen molar-refractivity contribution in [1.29, 1.82) is 0 Å². The van der Waals surface area contributed by atoms with Crippen LogP contribution in [0.3, 0.4) is 0 Å². The van der Waals surface area contributed by atoms with E-state index in [-0.39, 0.29) is 23.2 Å². The molecule has 1 amide bonds. The van der Waals surface area contributed by atoms with E-state index in [2.05, 4.69) is 10.3 Å². The zero-order valence-corrected chi connectivity index (χ0v) is 15.4. The molecule has 9 heteroatoms. The summed E-state index contributed by atoms with van der Waals surface area (Å²) in [5.41, 5.74) is 1.72. The molecule has 2 fully saturated rings. The summed E-state index contributed by atoms with van der Waals surface area (Å²) < 4.78 is 31.6. The molecule has 24 heavy (non-hydrogen) atoms. The highest BCUT2D eigenvalue weighted by atomic mass is 32.2. The third-order valence-corrected chi connectivity index (χ3v) is 7.34. The fourth-order valence-corrected chi connectivity index (χ4v) is 5.59. The third-order valence-electron chi connectivity index (χ3n) is 4.79. The first-order valence-corrected chi connectivity index (χ1v) is 10.8. The van der Waals surface area contributed by atoms with E-state index < -0.39 is 10.0 Å². The number of aromatic nitrogens is 1. The van der Waals surface area contributed by atoms with Crippen LogP contribution in [0.2, 0.25) is 0 Å². The largest absolute Gasteiger partial charge is 0.372 e. The van der Waals surface area contributed by atoms with E-state index in [9.17, 15) is 13.2 Å². The molecule has 1 atom stereocenters. The Morgan fingerprint density at radius 2 is 2.33 bits per heavy atom. The lowest BCUT2D eigenvalue weighted by Crippen LogP contribution is -2.66. The normalized spacial score (nSPS) is 23.3. The Labute approximate surface area is 146 Å². The minimum atomic E-state index is -3.15. The van der Waals surface area contributed by atoms with Gasteiger partial charge in [0.15, 0.2) is 0 Å². The molecule has 2 aliphatic rings. The predicted octanol–water partition coefficient (Wildman–Crippen LogP) is 1.09. The molecular formula is C15H23N3O4S2. The first-order valence-electron chi connectivity index (χ1n) is 8.25. The zero-order chi connectivity index (χ0) is 17.2. The molecule has 0 unspecified atom stereocenters. The third kappa shape index (κ3) is 3.49. The number of hydrogen-bond donors (Lipinski definition) is 1. The maximum absolute atomic E-state index is 12.1. The molecule has 134 valence electrons. The maximum Gasteiger partial charge on any atom is 0.270 e. The van der Waals surface area contributed by atoms with Crippen LogP contribution in [-0.4, -0.2) is 61.2 Å². The highest BCUT2D eigenvalue weighted by Crippen LogP contribution is 2.42. The van der Waals surface area contributed by atoms with Gasteiger partial charge in [0.1, 0.15) is 5.69 Å². The van der Waals surface area contributed by atoms with Crippen molar-refractivity contribution in [3.63, 3.8) is 0 Å². The molecule has 7 nitrogen and oxygen atoms in total. The van der Waals surface area contributed by atoms with Crippen molar-refractivity contribution in [2.75, 3.05) is 32.0 Å². The Morgan fingerprint density at radius 3 is 3.00 bits per heavy atom. The smallest absolute Gasteiger partial charge is 0.270 e. The van der Waals surface area contributed by atoms with Gasteiger partial charge in [0.25, 0.3) is 5.91 Å². The Kier molecular flexibility index (Phi) is 5.24. The van der Waals surface area contributed by atoms with Crippen molar-refractivity contribution in [3.8, 4) is 0 Å². The zero-order valence-electron chi connectivity index (χ0n) is 13.7. The molecule has 3 rings (SSSR count). The van der Waals surface area contributed by atoms with Gasteiger partial charge >= 0.3 is 0 Å². The van der Waals surface area contributed by atoms with Crippen molar-refractivity contribution < 1.29 is 17.9 Å². The topological polar surface area (TPSA) is 88.6 Å². The van der Waals surface area contributed by atoms with Crippen LogP contribution in [0.5, 0.6) is 0 Å². The number of nitrogens with zero attached hydrogens (tertiary/aromatic N) is 2. The SMILES string of the molecule is CCCS(=O)(=O)N1CC2(C1)OCC[C@@H]2CCNC(=O)c1cscn1. The number of carbonyl (C=O) groups excluding carboxylic acids is 1. The number of amides is 1. The van der Waals surface area contributed by atoms with E-state index in [1.165, 1.54) is 15.6 Å². The maximum atomic E-state index is 12.1. The summed E-state index contributed by atoms with van der Waals surface area (Å²) in [6.07, 6.45) is 2.32. The van der Waals surface area contributed by atoms with Crippen molar-refractivity contribution in [2.24, 2.45) is 5.92 Å². The number of sulfonamides is 1. The van der Waals surface area contributed by atoms with E-state index in [0.717, 1.165) is 12.8 Å². The lowest BCUT2D eigenvalue weighted by Gasteiger charge is -2.49. The molecule has 1 aromatic heterocycles. The molecule has 2 saturated heterocycles. The lowest BCUT2D eigenvalue weighted by molar-refractivity contribution is -0.102. The molecule has 2 aliphatic heterocycles. The molecule has 3 heterocycles. The van der Waals surface area contributed by atoms with Crippen molar-refractivity contribution in [2.45, 2.75) is 31.8 Å². The van der Waals surface area contributed by atoms with E-state index in [1.54, 1.807) is 10.9 Å². The van der Waals surface area contributed by atoms with E-state index in [0.29, 0.717) is 38.4 Å². The average Bonchev–Trinajstić information content (AvgIpc) is 3.15. The molecule has 1 spiro atoms. The Balaban J connectivity index is 1.49. The monoisotopic (exact) mass is 373 g/mol. The standard InChI is InChI=1S/C15H23N3O4S2/c1-2-7-24(20,21)18-9-15(10-18)12(4-6-22-15)3-5-16-14(19)13-8-23-11-17-13/h8,11-12H,2-7,9-10H2,1H3,(H,16,19)/t12-/m0/s1. The number of rotatable bonds is 7. The quantitative estimate of drug-likeness (QED) is 0.773. The van der Waals surface area contributed by atoms with Gasteiger partial charge in [-0.3, -0.25) is 4.79 Å². The Hall–Kier alpha value is -1.03.